The molecule has 0 radical (unpaired) electrons. The van der Waals surface area contributed by atoms with Gasteiger partial charge in [0.2, 0.25) is 0 Å². The second kappa shape index (κ2) is 16.7. The highest BCUT2D eigenvalue weighted by Gasteiger charge is 2.04. The van der Waals surface area contributed by atoms with Crippen molar-refractivity contribution in [1.82, 2.24) is 10.2 Å². The Hall–Kier alpha value is -1.35. The van der Waals surface area contributed by atoms with Crippen LogP contribution in [0.15, 0.2) is 30.3 Å². The Morgan fingerprint density at radius 1 is 0.905 bits per heavy atom. The Morgan fingerprint density at radius 2 is 1.38 bits per heavy atom. The largest absolute Gasteiger partial charge is 0.345 e. The van der Waals surface area contributed by atoms with Crippen molar-refractivity contribution >= 4 is 5.91 Å². The van der Waals surface area contributed by atoms with Gasteiger partial charge in [0.1, 0.15) is 0 Å². The summed E-state index contributed by atoms with van der Waals surface area (Å²) in [7, 11) is 3.49. The van der Waals surface area contributed by atoms with Crippen LogP contribution in [0.5, 0.6) is 0 Å². The SMILES string of the molecule is C1CCNCC1.CC.CC.CN(C)C(=O)c1ccccc1. The first-order valence-corrected chi connectivity index (χ1v) is 8.19. The van der Waals surface area contributed by atoms with Gasteiger partial charge in [0.05, 0.1) is 0 Å². The third-order valence-electron chi connectivity index (χ3n) is 2.63. The van der Waals surface area contributed by atoms with Gasteiger partial charge in [-0.05, 0) is 38.1 Å². The third-order valence-corrected chi connectivity index (χ3v) is 2.63. The summed E-state index contributed by atoms with van der Waals surface area (Å²) in [5.74, 6) is 0.0469. The van der Waals surface area contributed by atoms with E-state index >= 15 is 0 Å². The standard InChI is InChI=1S/C9H11NO.C5H11N.2C2H6/c1-10(2)9(11)8-6-4-3-5-7-8;1-2-4-6-5-3-1;2*1-2/h3-7H,1-2H3;6H,1-5H2;2*1-2H3. The molecule has 3 nitrogen and oxygen atoms in total. The van der Waals surface area contributed by atoms with Gasteiger partial charge in [0.25, 0.3) is 5.91 Å². The molecule has 1 fully saturated rings. The fourth-order valence-electron chi connectivity index (χ4n) is 1.64. The number of nitrogens with one attached hydrogen (secondary N) is 1. The topological polar surface area (TPSA) is 32.3 Å². The normalized spacial score (nSPS) is 12.3. The van der Waals surface area contributed by atoms with Crippen molar-refractivity contribution in [3.8, 4) is 0 Å². The lowest BCUT2D eigenvalue weighted by Crippen LogP contribution is -2.21. The van der Waals surface area contributed by atoms with Crippen LogP contribution in [0.2, 0.25) is 0 Å². The maximum absolute atomic E-state index is 11.3. The fraction of sp³-hybridized carbons (Fsp3) is 0.611. The molecule has 1 amide bonds. The van der Waals surface area contributed by atoms with Crippen molar-refractivity contribution in [2.75, 3.05) is 27.2 Å². The van der Waals surface area contributed by atoms with E-state index in [-0.39, 0.29) is 5.91 Å². The van der Waals surface area contributed by atoms with Gasteiger partial charge in [-0.25, -0.2) is 0 Å². The summed E-state index contributed by atoms with van der Waals surface area (Å²) in [5, 5.41) is 3.28. The maximum Gasteiger partial charge on any atom is 0.253 e. The minimum absolute atomic E-state index is 0.0469. The van der Waals surface area contributed by atoms with Crippen LogP contribution in [0.3, 0.4) is 0 Å². The van der Waals surface area contributed by atoms with E-state index in [4.69, 9.17) is 0 Å². The first-order chi connectivity index (χ1) is 10.2. The predicted octanol–water partition coefficient (Wildman–Crippen LogP) is 4.20. The number of benzene rings is 1. The molecule has 1 aromatic rings. The number of rotatable bonds is 1. The Labute approximate surface area is 131 Å². The van der Waals surface area contributed by atoms with Crippen LogP contribution >= 0.6 is 0 Å². The van der Waals surface area contributed by atoms with Crippen LogP contribution in [-0.2, 0) is 0 Å². The van der Waals surface area contributed by atoms with E-state index < -0.39 is 0 Å². The predicted molar refractivity (Wildman–Crippen MR) is 93.9 cm³/mol. The van der Waals surface area contributed by atoms with Crippen LogP contribution in [-0.4, -0.2) is 38.0 Å². The molecule has 122 valence electrons. The average Bonchev–Trinajstić information content (AvgIpc) is 2.60. The molecule has 0 aliphatic carbocycles. The van der Waals surface area contributed by atoms with Crippen molar-refractivity contribution in [2.24, 2.45) is 0 Å². The molecule has 0 spiro atoms. The lowest BCUT2D eigenvalue weighted by atomic mass is 10.2. The third kappa shape index (κ3) is 12.1. The van der Waals surface area contributed by atoms with Crippen molar-refractivity contribution in [3.63, 3.8) is 0 Å². The number of amides is 1. The molecular formula is C18H34N2O. The van der Waals surface area contributed by atoms with Crippen LogP contribution in [0.4, 0.5) is 0 Å². The zero-order valence-electron chi connectivity index (χ0n) is 14.8. The molecule has 0 unspecified atom stereocenters. The van der Waals surface area contributed by atoms with E-state index in [0.717, 1.165) is 5.56 Å². The van der Waals surface area contributed by atoms with Crippen molar-refractivity contribution in [1.29, 1.82) is 0 Å². The van der Waals surface area contributed by atoms with Crippen LogP contribution in [0.1, 0.15) is 57.3 Å². The number of carbonyl (C=O) groups is 1. The number of hydrogen-bond donors (Lipinski definition) is 1. The van der Waals surface area contributed by atoms with Gasteiger partial charge < -0.3 is 10.2 Å². The second-order valence-electron chi connectivity index (χ2n) is 4.38. The molecule has 0 saturated carbocycles. The Bertz CT molecular complexity index is 308. The summed E-state index contributed by atoms with van der Waals surface area (Å²) < 4.78 is 0. The summed E-state index contributed by atoms with van der Waals surface area (Å²) in [5.41, 5.74) is 0.734. The van der Waals surface area contributed by atoms with E-state index in [1.165, 1.54) is 32.4 Å². The monoisotopic (exact) mass is 294 g/mol. The molecule has 1 N–H and O–H groups in total. The lowest BCUT2D eigenvalue weighted by molar-refractivity contribution is 0.0827. The molecule has 1 heterocycles. The summed E-state index contributed by atoms with van der Waals surface area (Å²) in [6.45, 7) is 10.5. The minimum atomic E-state index is 0.0469. The number of carbonyl (C=O) groups excluding carboxylic acids is 1. The van der Waals surface area contributed by atoms with Gasteiger partial charge in [-0.15, -0.1) is 0 Å². The first-order valence-electron chi connectivity index (χ1n) is 8.19. The average molecular weight is 294 g/mol. The molecule has 21 heavy (non-hydrogen) atoms. The molecule has 1 aliphatic heterocycles. The van der Waals surface area contributed by atoms with Gasteiger partial charge in [0, 0.05) is 19.7 Å². The molecular weight excluding hydrogens is 260 g/mol. The van der Waals surface area contributed by atoms with E-state index in [2.05, 4.69) is 5.32 Å². The summed E-state index contributed by atoms with van der Waals surface area (Å²) in [6, 6.07) is 9.23. The van der Waals surface area contributed by atoms with E-state index in [0.29, 0.717) is 0 Å². The fourth-order valence-corrected chi connectivity index (χ4v) is 1.64. The zero-order valence-corrected chi connectivity index (χ0v) is 14.8. The lowest BCUT2D eigenvalue weighted by Gasteiger charge is -2.08. The number of hydrogen-bond acceptors (Lipinski definition) is 2. The Morgan fingerprint density at radius 3 is 1.67 bits per heavy atom. The molecule has 0 bridgehead atoms. The summed E-state index contributed by atoms with van der Waals surface area (Å²) in [6.07, 6.45) is 4.22. The van der Waals surface area contributed by atoms with Gasteiger partial charge in [0.15, 0.2) is 0 Å². The van der Waals surface area contributed by atoms with Gasteiger partial charge in [-0.3, -0.25) is 4.79 Å². The number of piperidine rings is 1. The van der Waals surface area contributed by atoms with Gasteiger partial charge in [-0.2, -0.15) is 0 Å². The maximum atomic E-state index is 11.3. The van der Waals surface area contributed by atoms with E-state index in [1.807, 2.05) is 58.0 Å². The van der Waals surface area contributed by atoms with E-state index in [9.17, 15) is 4.79 Å². The van der Waals surface area contributed by atoms with Crippen molar-refractivity contribution < 1.29 is 4.79 Å². The highest BCUT2D eigenvalue weighted by atomic mass is 16.2. The summed E-state index contributed by atoms with van der Waals surface area (Å²) >= 11 is 0. The molecule has 2 rings (SSSR count). The summed E-state index contributed by atoms with van der Waals surface area (Å²) in [4.78, 5) is 12.8. The van der Waals surface area contributed by atoms with Crippen LogP contribution in [0, 0.1) is 0 Å². The molecule has 1 aromatic carbocycles. The highest BCUT2D eigenvalue weighted by molar-refractivity contribution is 5.93. The number of nitrogens with zero attached hydrogens (tertiary/aromatic N) is 1. The second-order valence-corrected chi connectivity index (χ2v) is 4.38. The van der Waals surface area contributed by atoms with E-state index in [1.54, 1.807) is 19.0 Å². The highest BCUT2D eigenvalue weighted by Crippen LogP contribution is 2.00. The van der Waals surface area contributed by atoms with Crippen molar-refractivity contribution in [3.05, 3.63) is 35.9 Å². The molecule has 1 saturated heterocycles. The molecule has 0 atom stereocenters. The van der Waals surface area contributed by atoms with Crippen LogP contribution < -0.4 is 5.32 Å². The molecule has 3 heteroatoms. The van der Waals surface area contributed by atoms with Crippen LogP contribution in [0.25, 0.3) is 0 Å². The zero-order chi connectivity index (χ0) is 16.5. The smallest absolute Gasteiger partial charge is 0.253 e. The minimum Gasteiger partial charge on any atom is -0.345 e. The van der Waals surface area contributed by atoms with Gasteiger partial charge >= 0.3 is 0 Å². The molecule has 0 aromatic heterocycles. The Kier molecular flexibility index (Phi) is 17.5. The van der Waals surface area contributed by atoms with Gasteiger partial charge in [-0.1, -0.05) is 52.3 Å². The Balaban J connectivity index is 0. The first kappa shape index (κ1) is 21.9. The quantitative estimate of drug-likeness (QED) is 0.842. The molecule has 1 aliphatic rings. The van der Waals surface area contributed by atoms with Crippen molar-refractivity contribution in [2.45, 2.75) is 47.0 Å².